The number of rotatable bonds is 5. The van der Waals surface area contributed by atoms with Crippen molar-refractivity contribution < 1.29 is 4.79 Å². The van der Waals surface area contributed by atoms with Crippen LogP contribution in [0.25, 0.3) is 0 Å². The van der Waals surface area contributed by atoms with Crippen LogP contribution in [0.5, 0.6) is 0 Å². The lowest BCUT2D eigenvalue weighted by Gasteiger charge is -2.28. The average molecular weight is 249 g/mol. The molecule has 0 spiro atoms. The topological polar surface area (TPSA) is 67.2 Å². The van der Waals surface area contributed by atoms with Gasteiger partial charge < -0.3 is 16.4 Å². The van der Waals surface area contributed by atoms with Gasteiger partial charge in [-0.25, -0.2) is 4.79 Å². The number of anilines is 1. The molecule has 0 aliphatic carbocycles. The van der Waals surface area contributed by atoms with E-state index in [1.165, 1.54) is 0 Å². The minimum atomic E-state index is -0.171. The Kier molecular flexibility index (Phi) is 5.16. The molecule has 4 N–H and O–H groups in total. The molecule has 0 fully saturated rings. The molecule has 0 unspecified atom stereocenters. The minimum absolute atomic E-state index is 0.157. The third-order valence-electron chi connectivity index (χ3n) is 3.40. The molecule has 0 aliphatic heterocycles. The van der Waals surface area contributed by atoms with E-state index in [-0.39, 0.29) is 11.6 Å². The van der Waals surface area contributed by atoms with Gasteiger partial charge in [-0.05, 0) is 37.5 Å². The zero-order chi connectivity index (χ0) is 13.6. The maximum Gasteiger partial charge on any atom is 0.319 e. The molecular weight excluding hydrogens is 226 g/mol. The molecule has 2 amide bonds. The maximum atomic E-state index is 11.9. The largest absolute Gasteiger partial charge is 0.333 e. The molecule has 0 saturated carbocycles. The van der Waals surface area contributed by atoms with Gasteiger partial charge in [-0.15, -0.1) is 0 Å². The molecule has 0 saturated heterocycles. The predicted octanol–water partition coefficient (Wildman–Crippen LogP) is 2.85. The van der Waals surface area contributed by atoms with Gasteiger partial charge in [-0.3, -0.25) is 0 Å². The molecule has 18 heavy (non-hydrogen) atoms. The minimum Gasteiger partial charge on any atom is -0.333 e. The summed E-state index contributed by atoms with van der Waals surface area (Å²) in [6.45, 7) is 6.65. The Morgan fingerprint density at radius 3 is 2.56 bits per heavy atom. The maximum absolute atomic E-state index is 11.9. The van der Waals surface area contributed by atoms with Gasteiger partial charge in [0, 0.05) is 17.8 Å². The lowest BCUT2D eigenvalue weighted by molar-refractivity contribution is 0.236. The van der Waals surface area contributed by atoms with Gasteiger partial charge in [0.2, 0.25) is 0 Å². The van der Waals surface area contributed by atoms with E-state index < -0.39 is 0 Å². The number of benzene rings is 1. The van der Waals surface area contributed by atoms with E-state index in [4.69, 9.17) is 5.73 Å². The molecule has 1 aromatic rings. The van der Waals surface area contributed by atoms with Crippen LogP contribution in [0, 0.1) is 0 Å². The molecule has 4 nitrogen and oxygen atoms in total. The van der Waals surface area contributed by atoms with Crippen molar-refractivity contribution in [3.05, 3.63) is 29.8 Å². The van der Waals surface area contributed by atoms with Crippen molar-refractivity contribution in [3.8, 4) is 0 Å². The Bertz CT molecular complexity index is 400. The average Bonchev–Trinajstić information content (AvgIpc) is 2.38. The third kappa shape index (κ3) is 4.04. The van der Waals surface area contributed by atoms with Crippen molar-refractivity contribution in [3.63, 3.8) is 0 Å². The summed E-state index contributed by atoms with van der Waals surface area (Å²) >= 11 is 0. The van der Waals surface area contributed by atoms with E-state index in [2.05, 4.69) is 24.5 Å². The quantitative estimate of drug-likeness (QED) is 0.751. The van der Waals surface area contributed by atoms with E-state index in [1.54, 1.807) is 0 Å². The molecule has 100 valence electrons. The molecule has 0 aromatic heterocycles. The highest BCUT2D eigenvalue weighted by Crippen LogP contribution is 2.15. The van der Waals surface area contributed by atoms with Gasteiger partial charge in [0.1, 0.15) is 0 Å². The second-order valence-corrected chi connectivity index (χ2v) is 4.75. The summed E-state index contributed by atoms with van der Waals surface area (Å²) in [4.78, 5) is 11.9. The molecular formula is C14H23N3O. The van der Waals surface area contributed by atoms with Gasteiger partial charge in [-0.1, -0.05) is 26.0 Å². The van der Waals surface area contributed by atoms with Gasteiger partial charge in [0.25, 0.3) is 0 Å². The van der Waals surface area contributed by atoms with Crippen LogP contribution in [0.3, 0.4) is 0 Å². The molecule has 4 heteroatoms. The third-order valence-corrected chi connectivity index (χ3v) is 3.40. The second-order valence-electron chi connectivity index (χ2n) is 4.75. The first-order valence-corrected chi connectivity index (χ1v) is 6.41. The molecule has 0 aliphatic rings. The summed E-state index contributed by atoms with van der Waals surface area (Å²) in [6.07, 6.45) is 1.81. The van der Waals surface area contributed by atoms with E-state index >= 15 is 0 Å². The Morgan fingerprint density at radius 2 is 2.00 bits per heavy atom. The fraction of sp³-hybridized carbons (Fsp3) is 0.500. The van der Waals surface area contributed by atoms with Crippen molar-refractivity contribution in [2.24, 2.45) is 5.73 Å². The van der Waals surface area contributed by atoms with Crippen molar-refractivity contribution in [1.82, 2.24) is 5.32 Å². The van der Waals surface area contributed by atoms with Crippen LogP contribution in [-0.4, -0.2) is 11.6 Å². The molecule has 1 rings (SSSR count). The monoisotopic (exact) mass is 249 g/mol. The number of carbonyl (C=O) groups excluding carboxylic acids is 1. The molecule has 0 heterocycles. The SMILES string of the molecule is CCC(C)(CC)NC(=O)Nc1cccc(CN)c1. The lowest BCUT2D eigenvalue weighted by atomic mass is 9.96. The molecule has 0 radical (unpaired) electrons. The van der Waals surface area contributed by atoms with Crippen molar-refractivity contribution in [1.29, 1.82) is 0 Å². The van der Waals surface area contributed by atoms with E-state index in [0.717, 1.165) is 24.1 Å². The van der Waals surface area contributed by atoms with E-state index in [1.807, 2.05) is 31.2 Å². The van der Waals surface area contributed by atoms with Gasteiger partial charge >= 0.3 is 6.03 Å². The number of amides is 2. The summed E-state index contributed by atoms with van der Waals surface area (Å²) < 4.78 is 0. The summed E-state index contributed by atoms with van der Waals surface area (Å²) in [5.41, 5.74) is 7.18. The normalized spacial score (nSPS) is 11.1. The first-order chi connectivity index (χ1) is 8.53. The summed E-state index contributed by atoms with van der Waals surface area (Å²) in [6, 6.07) is 7.39. The van der Waals surface area contributed by atoms with Crippen LogP contribution < -0.4 is 16.4 Å². The molecule has 0 bridgehead atoms. The highest BCUT2D eigenvalue weighted by Gasteiger charge is 2.21. The van der Waals surface area contributed by atoms with Crippen molar-refractivity contribution in [2.75, 3.05) is 5.32 Å². The highest BCUT2D eigenvalue weighted by atomic mass is 16.2. The fourth-order valence-electron chi connectivity index (χ4n) is 1.64. The van der Waals surface area contributed by atoms with Gasteiger partial charge in [0.15, 0.2) is 0 Å². The van der Waals surface area contributed by atoms with Crippen LogP contribution in [0.4, 0.5) is 10.5 Å². The number of nitrogens with two attached hydrogens (primary N) is 1. The summed E-state index contributed by atoms with van der Waals surface area (Å²) in [7, 11) is 0. The van der Waals surface area contributed by atoms with Gasteiger partial charge in [0.05, 0.1) is 0 Å². The Hall–Kier alpha value is -1.55. The van der Waals surface area contributed by atoms with Crippen LogP contribution >= 0.6 is 0 Å². The zero-order valence-electron chi connectivity index (χ0n) is 11.4. The highest BCUT2D eigenvalue weighted by molar-refractivity contribution is 5.89. The lowest BCUT2D eigenvalue weighted by Crippen LogP contribution is -2.46. The predicted molar refractivity (Wildman–Crippen MR) is 75.5 cm³/mol. The van der Waals surface area contributed by atoms with Crippen LogP contribution in [0.15, 0.2) is 24.3 Å². The van der Waals surface area contributed by atoms with Crippen LogP contribution in [0.1, 0.15) is 39.2 Å². The Morgan fingerprint density at radius 1 is 1.33 bits per heavy atom. The molecule has 1 aromatic carbocycles. The van der Waals surface area contributed by atoms with Crippen molar-refractivity contribution >= 4 is 11.7 Å². The number of hydrogen-bond donors (Lipinski definition) is 3. The van der Waals surface area contributed by atoms with Gasteiger partial charge in [-0.2, -0.15) is 0 Å². The van der Waals surface area contributed by atoms with E-state index in [0.29, 0.717) is 6.54 Å². The second kappa shape index (κ2) is 6.40. The van der Waals surface area contributed by atoms with Crippen LogP contribution in [-0.2, 0) is 6.54 Å². The number of nitrogens with one attached hydrogen (secondary N) is 2. The summed E-state index contributed by atoms with van der Waals surface area (Å²) in [5.74, 6) is 0. The van der Waals surface area contributed by atoms with Crippen LogP contribution in [0.2, 0.25) is 0 Å². The number of urea groups is 1. The standard InChI is InChI=1S/C14H23N3O/c1-4-14(3,5-2)17-13(18)16-12-8-6-7-11(9-12)10-15/h6-9H,4-5,10,15H2,1-3H3,(H2,16,17,18). The summed E-state index contributed by atoms with van der Waals surface area (Å²) in [5, 5.41) is 5.83. The zero-order valence-corrected chi connectivity index (χ0v) is 11.4. The van der Waals surface area contributed by atoms with E-state index in [9.17, 15) is 4.79 Å². The number of carbonyl (C=O) groups is 1. The Labute approximate surface area is 109 Å². The molecule has 0 atom stereocenters. The Balaban J connectivity index is 2.64. The number of hydrogen-bond acceptors (Lipinski definition) is 2. The first kappa shape index (κ1) is 14.5. The smallest absolute Gasteiger partial charge is 0.319 e. The van der Waals surface area contributed by atoms with Crippen molar-refractivity contribution in [2.45, 2.75) is 45.7 Å². The first-order valence-electron chi connectivity index (χ1n) is 6.41. The fourth-order valence-corrected chi connectivity index (χ4v) is 1.64.